The van der Waals surface area contributed by atoms with Crippen molar-refractivity contribution in [2.24, 2.45) is 17.3 Å². The number of aliphatic hydroxyl groups is 1. The zero-order valence-electron chi connectivity index (χ0n) is 44.0. The number of unbranched alkanes of at least 4 members (excludes halogenated alkanes) is 2. The van der Waals surface area contributed by atoms with Crippen LogP contribution in [0.2, 0.25) is 0 Å². The van der Waals surface area contributed by atoms with E-state index < -0.39 is 17.7 Å². The van der Waals surface area contributed by atoms with Crippen molar-refractivity contribution in [2.75, 3.05) is 44.7 Å². The van der Waals surface area contributed by atoms with Crippen LogP contribution in [0.15, 0.2) is 76.1 Å². The highest BCUT2D eigenvalue weighted by molar-refractivity contribution is 5.93. The number of amides is 2. The molecule has 6 atom stereocenters. The molecule has 1 saturated heterocycles. The lowest BCUT2D eigenvalue weighted by Gasteiger charge is -2.52. The molecule has 4 aliphatic carbocycles. The van der Waals surface area contributed by atoms with Gasteiger partial charge >= 0.3 is 18.0 Å². The highest BCUT2D eigenvalue weighted by atomic mass is 16.6. The van der Waals surface area contributed by atoms with Gasteiger partial charge in [-0.15, -0.1) is 0 Å². The standard InChI is InChI=1S/C60H69N5O10/c1-6-41-44-30-40(18-22-50(44)61-55-46(41)33-65-51(55)31-49-47(56(65)69)34-73-57(70)60(49,72)7-2)75-58(71)64-27-25-63(26-28-64)53(68)11-9-8-10-24-62(5)38-15-12-36(13-16-38)45-32-59(4)48(21-23-52(59)74-35(3)66)43-19-14-37-29-39(67)17-20-42(37)54(43)45/h12-13,15-16,18,22,29-31,43,45,48,52,72H,6-11,14,17,19-21,23-28,32-34H2,1-5H3/t43-,45+,48-,52+,59-,60-/m0/s1. The third-order valence-electron chi connectivity index (χ3n) is 18.3. The van der Waals surface area contributed by atoms with E-state index in [0.717, 1.165) is 86.5 Å². The number of anilines is 1. The molecular weight excluding hydrogens is 951 g/mol. The molecule has 2 saturated carbocycles. The summed E-state index contributed by atoms with van der Waals surface area (Å²) in [4.78, 5) is 88.7. The molecule has 2 aromatic heterocycles. The Bertz CT molecular complexity index is 3150. The van der Waals surface area contributed by atoms with Crippen molar-refractivity contribution < 1.29 is 43.3 Å². The Morgan fingerprint density at radius 2 is 1.68 bits per heavy atom. The van der Waals surface area contributed by atoms with Gasteiger partial charge < -0.3 is 38.6 Å². The van der Waals surface area contributed by atoms with Gasteiger partial charge in [0.25, 0.3) is 5.56 Å². The molecule has 0 spiro atoms. The fraction of sp³-hybridized carbons (Fsp3) is 0.517. The summed E-state index contributed by atoms with van der Waals surface area (Å²) in [6.07, 6.45) is 11.4. The molecular formula is C60H69N5O10. The number of esters is 2. The van der Waals surface area contributed by atoms with Gasteiger partial charge in [-0.25, -0.2) is 14.6 Å². The van der Waals surface area contributed by atoms with Crippen molar-refractivity contribution in [3.05, 3.63) is 109 Å². The molecule has 2 amide bonds. The minimum atomic E-state index is -1.91. The Morgan fingerprint density at radius 1 is 0.907 bits per heavy atom. The van der Waals surface area contributed by atoms with E-state index in [0.29, 0.717) is 79.9 Å². The molecule has 0 radical (unpaired) electrons. The van der Waals surface area contributed by atoms with Crippen LogP contribution in [-0.4, -0.2) is 100 Å². The average molecular weight is 1020 g/mol. The van der Waals surface area contributed by atoms with E-state index in [2.05, 4.69) is 43.1 Å². The number of fused-ring (bicyclic) bond motifs is 9. The largest absolute Gasteiger partial charge is 0.462 e. The number of ether oxygens (including phenoxy) is 3. The Hall–Kier alpha value is -6.61. The highest BCUT2D eigenvalue weighted by Crippen LogP contribution is 2.64. The van der Waals surface area contributed by atoms with Crippen molar-refractivity contribution in [3.8, 4) is 17.1 Å². The van der Waals surface area contributed by atoms with Crippen molar-refractivity contribution in [1.29, 1.82) is 0 Å². The summed E-state index contributed by atoms with van der Waals surface area (Å²) in [6, 6.07) is 16.1. The molecule has 2 aromatic carbocycles. The van der Waals surface area contributed by atoms with Crippen LogP contribution in [0.3, 0.4) is 0 Å². The zero-order valence-corrected chi connectivity index (χ0v) is 44.0. The molecule has 1 N–H and O–H groups in total. The first-order valence-electron chi connectivity index (χ1n) is 27.4. The number of benzene rings is 2. The third-order valence-corrected chi connectivity index (χ3v) is 18.3. The van der Waals surface area contributed by atoms with E-state index in [1.807, 2.05) is 24.0 Å². The minimum Gasteiger partial charge on any atom is -0.462 e. The lowest BCUT2D eigenvalue weighted by molar-refractivity contribution is -0.172. The molecule has 3 fully saturated rings. The van der Waals surface area contributed by atoms with Gasteiger partial charge in [-0.1, -0.05) is 44.9 Å². The Balaban J connectivity index is 0.663. The van der Waals surface area contributed by atoms with Gasteiger partial charge in [-0.3, -0.25) is 19.2 Å². The van der Waals surface area contributed by atoms with E-state index in [1.165, 1.54) is 29.2 Å². The number of aromatic nitrogens is 2. The number of carbonyl (C=O) groups is 5. The summed E-state index contributed by atoms with van der Waals surface area (Å²) >= 11 is 0. The molecule has 75 heavy (non-hydrogen) atoms. The van der Waals surface area contributed by atoms with Crippen LogP contribution in [0.5, 0.6) is 5.75 Å². The second-order valence-electron chi connectivity index (χ2n) is 22.4. The van der Waals surface area contributed by atoms with Gasteiger partial charge in [-0.2, -0.15) is 0 Å². The summed E-state index contributed by atoms with van der Waals surface area (Å²) in [5, 5.41) is 12.1. The van der Waals surface area contributed by atoms with Crippen molar-refractivity contribution in [3.63, 3.8) is 0 Å². The van der Waals surface area contributed by atoms with Gasteiger partial charge in [0.15, 0.2) is 11.4 Å². The van der Waals surface area contributed by atoms with E-state index in [-0.39, 0.29) is 71.4 Å². The predicted molar refractivity (Wildman–Crippen MR) is 282 cm³/mol. The average Bonchev–Trinajstić information content (AvgIpc) is 3.97. The quantitative estimate of drug-likeness (QED) is 0.0930. The number of allylic oxidation sites excluding steroid dienone is 4. The van der Waals surface area contributed by atoms with Crippen LogP contribution < -0.4 is 15.2 Å². The SMILES string of the molecule is CCc1c2c(nc3ccc(OC(=O)N4CCN(C(=O)CCCCCN(C)c5ccc([C@H]6C[C@]7(C)[C@H](OC(C)=O)CC[C@H]7[C@@H]7CCC8=CC(=O)CCC8=C76)cc5)CC4)cc13)-c1cc3c(c(=O)n1C2)COC(=O)[C@]3(O)CC. The third kappa shape index (κ3) is 8.86. The van der Waals surface area contributed by atoms with E-state index in [9.17, 15) is 33.9 Å². The maximum absolute atomic E-state index is 13.8. The lowest BCUT2D eigenvalue weighted by Crippen LogP contribution is -2.51. The van der Waals surface area contributed by atoms with Crippen molar-refractivity contribution in [2.45, 2.75) is 142 Å². The van der Waals surface area contributed by atoms with Crippen LogP contribution in [0.1, 0.15) is 138 Å². The number of nitrogens with zero attached hydrogens (tertiary/aromatic N) is 5. The van der Waals surface area contributed by atoms with E-state index in [1.54, 1.807) is 34.6 Å². The fourth-order valence-electron chi connectivity index (χ4n) is 14.3. The van der Waals surface area contributed by atoms with Crippen LogP contribution in [-0.2, 0) is 53.8 Å². The van der Waals surface area contributed by atoms with Crippen molar-refractivity contribution >= 4 is 46.3 Å². The monoisotopic (exact) mass is 1020 g/mol. The van der Waals surface area contributed by atoms with E-state index in [4.69, 9.17) is 19.2 Å². The van der Waals surface area contributed by atoms with Crippen LogP contribution >= 0.6 is 0 Å². The first-order valence-corrected chi connectivity index (χ1v) is 27.4. The number of hydrogen-bond donors (Lipinski definition) is 1. The molecule has 15 heteroatoms. The number of pyridine rings is 2. The van der Waals surface area contributed by atoms with Crippen molar-refractivity contribution in [1.82, 2.24) is 19.4 Å². The molecule has 11 rings (SSSR count). The molecule has 3 aliphatic heterocycles. The molecule has 394 valence electrons. The van der Waals surface area contributed by atoms with Gasteiger partial charge in [0, 0.05) is 93.1 Å². The first-order chi connectivity index (χ1) is 36.1. The number of hydrogen-bond acceptors (Lipinski definition) is 12. The van der Waals surface area contributed by atoms with E-state index >= 15 is 0 Å². The first kappa shape index (κ1) is 50.5. The second-order valence-corrected chi connectivity index (χ2v) is 22.4. The number of cyclic esters (lactones) is 1. The Labute approximate surface area is 437 Å². The zero-order chi connectivity index (χ0) is 52.5. The molecule has 7 aliphatic rings. The predicted octanol–water partition coefficient (Wildman–Crippen LogP) is 8.81. The summed E-state index contributed by atoms with van der Waals surface area (Å²) < 4.78 is 18.8. The molecule has 15 nitrogen and oxygen atoms in total. The smallest absolute Gasteiger partial charge is 0.415 e. The highest BCUT2D eigenvalue weighted by Gasteiger charge is 2.58. The van der Waals surface area contributed by atoms with Gasteiger partial charge in [-0.05, 0) is 141 Å². The summed E-state index contributed by atoms with van der Waals surface area (Å²) in [5.41, 5.74) is 8.51. The molecule has 5 heterocycles. The maximum atomic E-state index is 13.8. The Kier molecular flexibility index (Phi) is 13.4. The molecule has 0 unspecified atom stereocenters. The number of rotatable bonds is 12. The topological polar surface area (TPSA) is 178 Å². The number of ketones is 1. The van der Waals surface area contributed by atoms with Gasteiger partial charge in [0.1, 0.15) is 18.5 Å². The molecule has 0 bridgehead atoms. The number of piperazine rings is 1. The Morgan fingerprint density at radius 3 is 2.43 bits per heavy atom. The van der Waals surface area contributed by atoms with Gasteiger partial charge in [0.05, 0.1) is 29.0 Å². The second kappa shape index (κ2) is 19.8. The molecule has 4 aromatic rings. The van der Waals surface area contributed by atoms with Crippen LogP contribution in [0.4, 0.5) is 10.5 Å². The minimum absolute atomic E-state index is 0.0616. The number of carbonyl (C=O) groups excluding carboxylic acids is 5. The van der Waals surface area contributed by atoms with Crippen LogP contribution in [0.25, 0.3) is 22.3 Å². The van der Waals surface area contributed by atoms with Crippen LogP contribution in [0, 0.1) is 17.3 Å². The van der Waals surface area contributed by atoms with Gasteiger partial charge in [0.2, 0.25) is 5.91 Å². The summed E-state index contributed by atoms with van der Waals surface area (Å²) in [5.74, 6) is 0.851. The normalized spacial score (nSPS) is 25.6. The fourth-order valence-corrected chi connectivity index (χ4v) is 14.3. The lowest BCUT2D eigenvalue weighted by atomic mass is 9.53. The number of aryl methyl sites for hydroxylation is 1. The summed E-state index contributed by atoms with van der Waals surface area (Å²) in [7, 11) is 2.12. The maximum Gasteiger partial charge on any atom is 0.415 e. The summed E-state index contributed by atoms with van der Waals surface area (Å²) in [6.45, 7) is 10.1.